The zero-order valence-electron chi connectivity index (χ0n) is 16.5. The Kier molecular flexibility index (Phi) is 6.66. The summed E-state index contributed by atoms with van der Waals surface area (Å²) in [5.41, 5.74) is 1.79. The maximum absolute atomic E-state index is 13.4. The quantitative estimate of drug-likeness (QED) is 0.665. The van der Waals surface area contributed by atoms with Crippen molar-refractivity contribution in [2.75, 3.05) is 13.2 Å². The summed E-state index contributed by atoms with van der Waals surface area (Å²) in [6.07, 6.45) is -0.0709. The first kappa shape index (κ1) is 21.6. The van der Waals surface area contributed by atoms with Gasteiger partial charge in [-0.3, -0.25) is 4.79 Å². The Morgan fingerprint density at radius 2 is 1.80 bits per heavy atom. The van der Waals surface area contributed by atoms with E-state index in [-0.39, 0.29) is 18.4 Å². The second kappa shape index (κ2) is 9.25. The van der Waals surface area contributed by atoms with Crippen molar-refractivity contribution in [1.82, 2.24) is 4.90 Å². The Bertz CT molecular complexity index is 887. The maximum atomic E-state index is 13.4. The Balaban J connectivity index is 1.76. The topological polar surface area (TPSA) is 70.0 Å². The molecule has 0 spiro atoms. The van der Waals surface area contributed by atoms with E-state index in [0.29, 0.717) is 22.5 Å². The van der Waals surface area contributed by atoms with Crippen LogP contribution in [-0.4, -0.2) is 46.4 Å². The number of hydrogen-bond acceptors (Lipinski definition) is 4. The predicted molar refractivity (Wildman–Crippen MR) is 115 cm³/mol. The molecule has 1 aliphatic heterocycles. The van der Waals surface area contributed by atoms with E-state index in [0.717, 1.165) is 24.0 Å². The van der Waals surface area contributed by atoms with Crippen molar-refractivity contribution >= 4 is 29.1 Å². The molecular weight excluding hydrogens is 425 g/mol. The first-order chi connectivity index (χ1) is 14.5. The van der Waals surface area contributed by atoms with Gasteiger partial charge in [-0.1, -0.05) is 47.5 Å². The molecule has 0 bridgehead atoms. The van der Waals surface area contributed by atoms with Gasteiger partial charge < -0.3 is 19.8 Å². The molecule has 160 valence electrons. The molecule has 1 saturated carbocycles. The summed E-state index contributed by atoms with van der Waals surface area (Å²) < 4.78 is 6.29. The fraction of sp³-hybridized carbons (Fsp3) is 0.435. The normalized spacial score (nSPS) is 25.4. The van der Waals surface area contributed by atoms with Gasteiger partial charge in [0.25, 0.3) is 5.91 Å². The van der Waals surface area contributed by atoms with Crippen LogP contribution < -0.4 is 0 Å². The van der Waals surface area contributed by atoms with Crippen LogP contribution in [-0.2, 0) is 9.53 Å². The second-order valence-corrected chi connectivity index (χ2v) is 8.98. The SMILES string of the molecule is O=C1[C@H](C[C@@H](O)CO)O[C@@H](c2cccc(Cl)c2)[C@@H](c2ccc(Cl)cc2)N1CC1CC1. The van der Waals surface area contributed by atoms with Crippen LogP contribution in [0.25, 0.3) is 0 Å². The van der Waals surface area contributed by atoms with Crippen LogP contribution in [0, 0.1) is 5.92 Å². The number of halogens is 2. The molecule has 30 heavy (non-hydrogen) atoms. The summed E-state index contributed by atoms with van der Waals surface area (Å²) in [6, 6.07) is 14.6. The lowest BCUT2D eigenvalue weighted by Gasteiger charge is -2.45. The van der Waals surface area contributed by atoms with Gasteiger partial charge in [-0.15, -0.1) is 0 Å². The average Bonchev–Trinajstić information content (AvgIpc) is 3.55. The molecule has 1 heterocycles. The van der Waals surface area contributed by atoms with E-state index in [2.05, 4.69) is 0 Å². The summed E-state index contributed by atoms with van der Waals surface area (Å²) in [7, 11) is 0. The third-order valence-electron chi connectivity index (χ3n) is 5.73. The molecule has 1 saturated heterocycles. The Morgan fingerprint density at radius 3 is 2.43 bits per heavy atom. The predicted octanol–water partition coefficient (Wildman–Crippen LogP) is 4.16. The summed E-state index contributed by atoms with van der Waals surface area (Å²) >= 11 is 12.4. The van der Waals surface area contributed by atoms with Gasteiger partial charge in [0.15, 0.2) is 0 Å². The molecule has 0 unspecified atom stereocenters. The van der Waals surface area contributed by atoms with E-state index in [1.165, 1.54) is 0 Å². The number of morpholine rings is 1. The number of ether oxygens (including phenoxy) is 1. The fourth-order valence-corrected chi connectivity index (χ4v) is 4.34. The van der Waals surface area contributed by atoms with Crippen molar-refractivity contribution in [3.8, 4) is 0 Å². The average molecular weight is 450 g/mol. The number of rotatable bonds is 7. The fourth-order valence-electron chi connectivity index (χ4n) is 4.01. The third-order valence-corrected chi connectivity index (χ3v) is 6.22. The molecule has 2 aromatic rings. The molecule has 2 aromatic carbocycles. The van der Waals surface area contributed by atoms with Gasteiger partial charge in [-0.05, 0) is 54.2 Å². The monoisotopic (exact) mass is 449 g/mol. The van der Waals surface area contributed by atoms with E-state index in [1.54, 1.807) is 6.07 Å². The molecule has 4 rings (SSSR count). The highest BCUT2D eigenvalue weighted by Gasteiger charge is 2.46. The lowest BCUT2D eigenvalue weighted by atomic mass is 9.90. The first-order valence-electron chi connectivity index (χ1n) is 10.2. The Morgan fingerprint density at radius 1 is 1.07 bits per heavy atom. The minimum Gasteiger partial charge on any atom is -0.394 e. The lowest BCUT2D eigenvalue weighted by molar-refractivity contribution is -0.179. The maximum Gasteiger partial charge on any atom is 0.252 e. The van der Waals surface area contributed by atoms with Gasteiger partial charge in [0.1, 0.15) is 12.2 Å². The highest BCUT2D eigenvalue weighted by molar-refractivity contribution is 6.30. The van der Waals surface area contributed by atoms with E-state index in [9.17, 15) is 15.0 Å². The molecule has 1 amide bonds. The molecule has 2 aliphatic rings. The van der Waals surface area contributed by atoms with Crippen LogP contribution in [0.3, 0.4) is 0 Å². The van der Waals surface area contributed by atoms with Crippen LogP contribution in [0.2, 0.25) is 10.0 Å². The summed E-state index contributed by atoms with van der Waals surface area (Å²) in [6.45, 7) is 0.219. The summed E-state index contributed by atoms with van der Waals surface area (Å²) in [4.78, 5) is 15.3. The van der Waals surface area contributed by atoms with Gasteiger partial charge in [0.2, 0.25) is 0 Å². The zero-order valence-corrected chi connectivity index (χ0v) is 18.0. The molecule has 4 atom stereocenters. The van der Waals surface area contributed by atoms with Crippen LogP contribution in [0.1, 0.15) is 42.5 Å². The van der Waals surface area contributed by atoms with E-state index in [1.807, 2.05) is 47.4 Å². The molecular formula is C23H25Cl2NO4. The highest BCUT2D eigenvalue weighted by Crippen LogP contribution is 2.45. The van der Waals surface area contributed by atoms with Crippen molar-refractivity contribution in [2.24, 2.45) is 5.92 Å². The lowest BCUT2D eigenvalue weighted by Crippen LogP contribution is -2.52. The van der Waals surface area contributed by atoms with Crippen LogP contribution in [0.15, 0.2) is 48.5 Å². The third kappa shape index (κ3) is 4.82. The number of hydrogen-bond donors (Lipinski definition) is 2. The number of aliphatic hydroxyl groups is 2. The number of carbonyl (C=O) groups is 1. The zero-order chi connectivity index (χ0) is 21.3. The largest absolute Gasteiger partial charge is 0.394 e. The van der Waals surface area contributed by atoms with E-state index < -0.39 is 24.9 Å². The van der Waals surface area contributed by atoms with Crippen LogP contribution in [0.4, 0.5) is 0 Å². The van der Waals surface area contributed by atoms with Crippen molar-refractivity contribution < 1.29 is 19.7 Å². The molecule has 1 aliphatic carbocycles. The number of aliphatic hydroxyl groups excluding tert-OH is 2. The molecule has 7 heteroatoms. The van der Waals surface area contributed by atoms with E-state index >= 15 is 0 Å². The van der Waals surface area contributed by atoms with Gasteiger partial charge in [0.05, 0.1) is 18.8 Å². The second-order valence-electron chi connectivity index (χ2n) is 8.10. The molecule has 0 radical (unpaired) electrons. The van der Waals surface area contributed by atoms with E-state index in [4.69, 9.17) is 27.9 Å². The minimum atomic E-state index is -1.02. The number of benzene rings is 2. The van der Waals surface area contributed by atoms with Crippen LogP contribution in [0.5, 0.6) is 0 Å². The minimum absolute atomic E-state index is 0.0426. The van der Waals surface area contributed by atoms with Crippen molar-refractivity contribution in [3.05, 3.63) is 69.7 Å². The molecule has 2 fully saturated rings. The first-order valence-corrected chi connectivity index (χ1v) is 11.0. The number of amides is 1. The van der Waals surface area contributed by atoms with Gasteiger partial charge in [-0.2, -0.15) is 0 Å². The standard InChI is InChI=1S/C23H25Cl2NO4/c24-17-8-6-15(7-9-17)21-22(16-2-1-3-18(25)10-16)30-20(11-19(28)13-27)23(29)26(21)12-14-4-5-14/h1-3,6-10,14,19-22,27-28H,4-5,11-13H2/t19-,20+,21-,22+/m1/s1. The number of nitrogens with zero attached hydrogens (tertiary/aromatic N) is 1. The Hall–Kier alpha value is -1.63. The molecule has 0 aromatic heterocycles. The number of carbonyl (C=O) groups excluding carboxylic acids is 1. The summed E-state index contributed by atoms with van der Waals surface area (Å²) in [5, 5.41) is 20.5. The molecule has 2 N–H and O–H groups in total. The smallest absolute Gasteiger partial charge is 0.252 e. The Labute approximate surface area is 186 Å². The van der Waals surface area contributed by atoms with Crippen molar-refractivity contribution in [2.45, 2.75) is 43.6 Å². The highest BCUT2D eigenvalue weighted by atomic mass is 35.5. The van der Waals surface area contributed by atoms with Crippen molar-refractivity contribution in [3.63, 3.8) is 0 Å². The van der Waals surface area contributed by atoms with Crippen LogP contribution >= 0.6 is 23.2 Å². The van der Waals surface area contributed by atoms with Gasteiger partial charge in [-0.25, -0.2) is 0 Å². The summed E-state index contributed by atoms with van der Waals surface area (Å²) in [5.74, 6) is 0.318. The van der Waals surface area contributed by atoms with Crippen molar-refractivity contribution in [1.29, 1.82) is 0 Å². The van der Waals surface area contributed by atoms with Gasteiger partial charge >= 0.3 is 0 Å². The molecule has 5 nitrogen and oxygen atoms in total. The van der Waals surface area contributed by atoms with Gasteiger partial charge in [0, 0.05) is 23.0 Å².